The molecule has 0 unspecified atom stereocenters. The minimum Gasteiger partial charge on any atom is -0.493 e. The number of guanidine groups is 1. The Hall–Kier alpha value is -2.81. The van der Waals surface area contributed by atoms with Gasteiger partial charge in [0, 0.05) is 52.2 Å². The number of hydrogen-bond acceptors (Lipinski definition) is 6. The minimum atomic E-state index is 0.708. The van der Waals surface area contributed by atoms with Crippen molar-refractivity contribution in [1.29, 1.82) is 0 Å². The van der Waals surface area contributed by atoms with Crippen LogP contribution in [0.25, 0.3) is 0 Å². The number of aliphatic imine (C=N–C) groups is 1. The van der Waals surface area contributed by atoms with Crippen molar-refractivity contribution in [2.24, 2.45) is 4.99 Å². The molecule has 1 aliphatic heterocycles. The largest absolute Gasteiger partial charge is 0.493 e. The Morgan fingerprint density at radius 2 is 1.87 bits per heavy atom. The maximum Gasteiger partial charge on any atom is 0.194 e. The first-order valence-corrected chi connectivity index (χ1v) is 11.0. The van der Waals surface area contributed by atoms with Crippen LogP contribution in [-0.2, 0) is 19.5 Å². The topological polar surface area (TPSA) is 80.0 Å². The maximum absolute atomic E-state index is 5.43. The van der Waals surface area contributed by atoms with Crippen LogP contribution in [-0.4, -0.2) is 84.0 Å². The Kier molecular flexibility index (Phi) is 8.52. The van der Waals surface area contributed by atoms with E-state index in [-0.39, 0.29) is 0 Å². The molecule has 1 aliphatic rings. The maximum atomic E-state index is 5.43. The monoisotopic (exact) mass is 429 g/mol. The van der Waals surface area contributed by atoms with Crippen LogP contribution < -0.4 is 14.8 Å². The van der Waals surface area contributed by atoms with Gasteiger partial charge in [0.05, 0.1) is 20.8 Å². The van der Waals surface area contributed by atoms with E-state index in [0.29, 0.717) is 6.54 Å². The third kappa shape index (κ3) is 6.10. The number of nitrogens with one attached hydrogen (secondary N) is 1. The summed E-state index contributed by atoms with van der Waals surface area (Å²) in [4.78, 5) is 9.66. The number of piperazine rings is 1. The zero-order valence-electron chi connectivity index (χ0n) is 19.2. The Bertz CT molecular complexity index is 844. The second-order valence-electron chi connectivity index (χ2n) is 7.48. The van der Waals surface area contributed by atoms with Crippen molar-refractivity contribution >= 4 is 5.96 Å². The Labute approximate surface area is 185 Å². The van der Waals surface area contributed by atoms with Gasteiger partial charge in [-0.05, 0) is 24.6 Å². The van der Waals surface area contributed by atoms with E-state index in [1.54, 1.807) is 20.5 Å². The van der Waals surface area contributed by atoms with Gasteiger partial charge in [0.25, 0.3) is 0 Å². The smallest absolute Gasteiger partial charge is 0.194 e. The summed E-state index contributed by atoms with van der Waals surface area (Å²) in [6.45, 7) is 11.3. The van der Waals surface area contributed by atoms with Gasteiger partial charge in [-0.15, -0.1) is 10.2 Å². The number of nitrogens with zero attached hydrogens (tertiary/aromatic N) is 6. The van der Waals surface area contributed by atoms with Crippen molar-refractivity contribution in [3.8, 4) is 11.5 Å². The molecular formula is C22H35N7O2. The lowest BCUT2D eigenvalue weighted by Gasteiger charge is -2.36. The quantitative estimate of drug-likeness (QED) is 0.479. The van der Waals surface area contributed by atoms with Gasteiger partial charge in [-0.1, -0.05) is 13.0 Å². The number of ether oxygens (including phenoxy) is 2. The van der Waals surface area contributed by atoms with Gasteiger partial charge in [0.1, 0.15) is 12.2 Å². The number of benzene rings is 1. The van der Waals surface area contributed by atoms with Gasteiger partial charge in [-0.25, -0.2) is 0 Å². The number of rotatable bonds is 9. The third-order valence-corrected chi connectivity index (χ3v) is 5.48. The lowest BCUT2D eigenvalue weighted by atomic mass is 10.1. The fourth-order valence-corrected chi connectivity index (χ4v) is 3.78. The summed E-state index contributed by atoms with van der Waals surface area (Å²) in [5, 5.41) is 11.6. The van der Waals surface area contributed by atoms with E-state index in [1.807, 2.05) is 6.07 Å². The van der Waals surface area contributed by atoms with Crippen molar-refractivity contribution in [2.45, 2.75) is 33.4 Å². The fourth-order valence-electron chi connectivity index (χ4n) is 3.78. The molecule has 3 rings (SSSR count). The first kappa shape index (κ1) is 22.9. The molecule has 0 bridgehead atoms. The Balaban J connectivity index is 1.53. The summed E-state index contributed by atoms with van der Waals surface area (Å²) in [5.41, 5.74) is 1.23. The SMILES string of the molecule is CCNC(=NCCn1cnnc1CC)N1CCN(Cc2ccc(OC)c(OC)c2)CC1. The summed E-state index contributed by atoms with van der Waals surface area (Å²) < 4.78 is 12.9. The normalized spacial score (nSPS) is 15.2. The van der Waals surface area contributed by atoms with E-state index in [0.717, 1.165) is 75.5 Å². The highest BCUT2D eigenvalue weighted by Crippen LogP contribution is 2.28. The second-order valence-corrected chi connectivity index (χ2v) is 7.48. The van der Waals surface area contributed by atoms with E-state index in [9.17, 15) is 0 Å². The van der Waals surface area contributed by atoms with Gasteiger partial charge in [0.15, 0.2) is 17.5 Å². The molecule has 0 radical (unpaired) electrons. The van der Waals surface area contributed by atoms with Crippen LogP contribution in [0, 0.1) is 0 Å². The molecule has 1 saturated heterocycles. The molecule has 0 saturated carbocycles. The standard InChI is InChI=1S/C22H35N7O2/c1-5-21-26-25-17-29(21)10-9-24-22(23-6-2)28-13-11-27(12-14-28)16-18-7-8-19(30-3)20(15-18)31-4/h7-8,15,17H,5-6,9-14,16H2,1-4H3,(H,23,24). The van der Waals surface area contributed by atoms with E-state index in [1.165, 1.54) is 5.56 Å². The van der Waals surface area contributed by atoms with Crippen LogP contribution >= 0.6 is 0 Å². The third-order valence-electron chi connectivity index (χ3n) is 5.48. The molecule has 2 aromatic rings. The zero-order chi connectivity index (χ0) is 22.1. The molecule has 170 valence electrons. The summed E-state index contributed by atoms with van der Waals surface area (Å²) in [5.74, 6) is 3.53. The van der Waals surface area contributed by atoms with Crippen LogP contribution in [0.5, 0.6) is 11.5 Å². The van der Waals surface area contributed by atoms with Crippen LogP contribution in [0.15, 0.2) is 29.5 Å². The lowest BCUT2D eigenvalue weighted by Crippen LogP contribution is -2.52. The highest BCUT2D eigenvalue weighted by atomic mass is 16.5. The molecular weight excluding hydrogens is 394 g/mol. The average molecular weight is 430 g/mol. The van der Waals surface area contributed by atoms with Gasteiger partial charge in [-0.3, -0.25) is 9.89 Å². The first-order valence-electron chi connectivity index (χ1n) is 11.0. The summed E-state index contributed by atoms with van der Waals surface area (Å²) in [7, 11) is 3.34. The number of aromatic nitrogens is 3. The number of aryl methyl sites for hydroxylation is 1. The average Bonchev–Trinajstić information content (AvgIpc) is 3.26. The molecule has 0 spiro atoms. The molecule has 9 heteroatoms. The van der Waals surface area contributed by atoms with E-state index in [2.05, 4.69) is 55.9 Å². The van der Waals surface area contributed by atoms with Gasteiger partial charge in [0.2, 0.25) is 0 Å². The number of methoxy groups -OCH3 is 2. The molecule has 1 aromatic heterocycles. The predicted molar refractivity (Wildman–Crippen MR) is 122 cm³/mol. The molecule has 31 heavy (non-hydrogen) atoms. The molecule has 0 aliphatic carbocycles. The van der Waals surface area contributed by atoms with Crippen LogP contribution in [0.4, 0.5) is 0 Å². The van der Waals surface area contributed by atoms with Gasteiger partial charge < -0.3 is 24.3 Å². The molecule has 0 atom stereocenters. The number of hydrogen-bond donors (Lipinski definition) is 1. The minimum absolute atomic E-state index is 0.708. The molecule has 2 heterocycles. The molecule has 1 aromatic carbocycles. The molecule has 1 N–H and O–H groups in total. The first-order chi connectivity index (χ1) is 15.2. The van der Waals surface area contributed by atoms with Crippen LogP contribution in [0.1, 0.15) is 25.2 Å². The van der Waals surface area contributed by atoms with Crippen molar-refractivity contribution in [3.63, 3.8) is 0 Å². The summed E-state index contributed by atoms with van der Waals surface area (Å²) in [6.07, 6.45) is 2.67. The van der Waals surface area contributed by atoms with E-state index >= 15 is 0 Å². The van der Waals surface area contributed by atoms with Crippen molar-refractivity contribution in [1.82, 2.24) is 29.9 Å². The fraction of sp³-hybridized carbons (Fsp3) is 0.591. The lowest BCUT2D eigenvalue weighted by molar-refractivity contribution is 0.172. The van der Waals surface area contributed by atoms with Gasteiger partial charge in [-0.2, -0.15) is 0 Å². The van der Waals surface area contributed by atoms with E-state index < -0.39 is 0 Å². The second kappa shape index (κ2) is 11.5. The Morgan fingerprint density at radius 3 is 2.55 bits per heavy atom. The molecule has 1 fully saturated rings. The molecule has 0 amide bonds. The highest BCUT2D eigenvalue weighted by Gasteiger charge is 2.20. The van der Waals surface area contributed by atoms with Crippen molar-refractivity contribution in [2.75, 3.05) is 53.5 Å². The van der Waals surface area contributed by atoms with Crippen LogP contribution in [0.2, 0.25) is 0 Å². The van der Waals surface area contributed by atoms with Crippen molar-refractivity contribution in [3.05, 3.63) is 35.9 Å². The summed E-state index contributed by atoms with van der Waals surface area (Å²) in [6, 6.07) is 6.14. The predicted octanol–water partition coefficient (Wildman–Crippen LogP) is 1.64. The Morgan fingerprint density at radius 1 is 1.10 bits per heavy atom. The van der Waals surface area contributed by atoms with Gasteiger partial charge >= 0.3 is 0 Å². The molecule has 9 nitrogen and oxygen atoms in total. The highest BCUT2D eigenvalue weighted by molar-refractivity contribution is 5.80. The van der Waals surface area contributed by atoms with Crippen LogP contribution in [0.3, 0.4) is 0 Å². The zero-order valence-corrected chi connectivity index (χ0v) is 19.2. The van der Waals surface area contributed by atoms with Crippen molar-refractivity contribution < 1.29 is 9.47 Å². The summed E-state index contributed by atoms with van der Waals surface area (Å²) >= 11 is 0. The van der Waals surface area contributed by atoms with E-state index in [4.69, 9.17) is 14.5 Å².